The van der Waals surface area contributed by atoms with Gasteiger partial charge in [-0.3, -0.25) is 4.79 Å². The van der Waals surface area contributed by atoms with Crippen LogP contribution in [0.4, 0.5) is 10.5 Å². The number of ether oxygens (including phenoxy) is 1. The molecule has 2 N–H and O–H groups in total. The standard InChI is InChI=1S/C14H20N2O4/c1-10(15-19)12(17)16(11-8-6-5-7-9-11)13(18)20-14(2,3)4/h5-10,15,19H,1-4H3/t10-/m0/s1. The summed E-state index contributed by atoms with van der Waals surface area (Å²) < 4.78 is 5.23. The Morgan fingerprint density at radius 3 is 2.25 bits per heavy atom. The number of carbonyl (C=O) groups excluding carboxylic acids is 2. The Kier molecular flexibility index (Phi) is 5.24. The third-order valence-electron chi connectivity index (χ3n) is 2.37. The van der Waals surface area contributed by atoms with Crippen molar-refractivity contribution in [2.45, 2.75) is 39.3 Å². The van der Waals surface area contributed by atoms with Crippen molar-refractivity contribution in [3.05, 3.63) is 30.3 Å². The second-order valence-corrected chi connectivity index (χ2v) is 5.34. The summed E-state index contributed by atoms with van der Waals surface area (Å²) in [6.45, 7) is 6.59. The van der Waals surface area contributed by atoms with Gasteiger partial charge in [0.25, 0.3) is 5.91 Å². The molecule has 1 aromatic rings. The number of benzene rings is 1. The number of hydrogen-bond acceptors (Lipinski definition) is 5. The van der Waals surface area contributed by atoms with E-state index >= 15 is 0 Å². The van der Waals surface area contributed by atoms with Crippen LogP contribution in [0.3, 0.4) is 0 Å². The highest BCUT2D eigenvalue weighted by molar-refractivity contribution is 6.14. The number of imide groups is 1. The summed E-state index contributed by atoms with van der Waals surface area (Å²) in [6, 6.07) is 7.49. The van der Waals surface area contributed by atoms with Crippen LogP contribution in [-0.2, 0) is 9.53 Å². The van der Waals surface area contributed by atoms with E-state index in [0.29, 0.717) is 5.69 Å². The average Bonchev–Trinajstić information content (AvgIpc) is 2.37. The fourth-order valence-corrected chi connectivity index (χ4v) is 1.46. The summed E-state index contributed by atoms with van der Waals surface area (Å²) in [5, 5.41) is 8.87. The largest absolute Gasteiger partial charge is 0.443 e. The van der Waals surface area contributed by atoms with Crippen molar-refractivity contribution in [1.29, 1.82) is 0 Å². The van der Waals surface area contributed by atoms with Crippen molar-refractivity contribution < 1.29 is 19.5 Å². The van der Waals surface area contributed by atoms with Crippen LogP contribution in [0.15, 0.2) is 30.3 Å². The fourth-order valence-electron chi connectivity index (χ4n) is 1.46. The first-order chi connectivity index (χ1) is 9.26. The molecule has 1 atom stereocenters. The Morgan fingerprint density at radius 2 is 1.80 bits per heavy atom. The van der Waals surface area contributed by atoms with Crippen molar-refractivity contribution in [2.75, 3.05) is 4.90 Å². The van der Waals surface area contributed by atoms with Gasteiger partial charge in [0.05, 0.1) is 5.69 Å². The molecule has 20 heavy (non-hydrogen) atoms. The Hall–Kier alpha value is -1.92. The van der Waals surface area contributed by atoms with Crippen LogP contribution in [0.1, 0.15) is 27.7 Å². The maximum absolute atomic E-state index is 12.2. The summed E-state index contributed by atoms with van der Waals surface area (Å²) >= 11 is 0. The molecule has 0 aliphatic rings. The van der Waals surface area contributed by atoms with Gasteiger partial charge in [-0.05, 0) is 39.8 Å². The van der Waals surface area contributed by atoms with Gasteiger partial charge in [-0.1, -0.05) is 18.2 Å². The van der Waals surface area contributed by atoms with E-state index in [4.69, 9.17) is 9.94 Å². The van der Waals surface area contributed by atoms with Crippen LogP contribution in [0, 0.1) is 0 Å². The number of carbonyl (C=O) groups is 2. The molecule has 0 saturated heterocycles. The van der Waals surface area contributed by atoms with Crippen LogP contribution < -0.4 is 10.4 Å². The number of hydroxylamine groups is 1. The van der Waals surface area contributed by atoms with Crippen molar-refractivity contribution >= 4 is 17.7 Å². The average molecular weight is 280 g/mol. The number of amides is 2. The highest BCUT2D eigenvalue weighted by Crippen LogP contribution is 2.19. The van der Waals surface area contributed by atoms with Crippen LogP contribution in [-0.4, -0.2) is 28.9 Å². The lowest BCUT2D eigenvalue weighted by molar-refractivity contribution is -0.122. The molecule has 0 saturated carbocycles. The van der Waals surface area contributed by atoms with Gasteiger partial charge in [0.15, 0.2) is 0 Å². The number of anilines is 1. The summed E-state index contributed by atoms with van der Waals surface area (Å²) in [6.07, 6.45) is -0.782. The lowest BCUT2D eigenvalue weighted by atomic mass is 10.2. The summed E-state index contributed by atoms with van der Waals surface area (Å²) in [7, 11) is 0. The number of rotatable bonds is 3. The Balaban J connectivity index is 3.09. The molecular formula is C14H20N2O4. The van der Waals surface area contributed by atoms with Gasteiger partial charge in [0.2, 0.25) is 0 Å². The van der Waals surface area contributed by atoms with E-state index in [9.17, 15) is 9.59 Å². The zero-order valence-corrected chi connectivity index (χ0v) is 12.1. The molecule has 0 bridgehead atoms. The molecule has 0 unspecified atom stereocenters. The molecule has 2 amide bonds. The maximum Gasteiger partial charge on any atom is 0.421 e. The number of para-hydroxylation sites is 1. The summed E-state index contributed by atoms with van der Waals surface area (Å²) in [5.41, 5.74) is 1.49. The predicted octanol–water partition coefficient (Wildman–Crippen LogP) is 2.32. The van der Waals surface area contributed by atoms with E-state index < -0.39 is 23.6 Å². The van der Waals surface area contributed by atoms with E-state index in [0.717, 1.165) is 4.90 Å². The molecule has 0 aromatic heterocycles. The lowest BCUT2D eigenvalue weighted by Crippen LogP contribution is -2.48. The second-order valence-electron chi connectivity index (χ2n) is 5.34. The SMILES string of the molecule is C[C@H](NO)C(=O)N(C(=O)OC(C)(C)C)c1ccccc1. The van der Waals surface area contributed by atoms with E-state index in [1.54, 1.807) is 51.1 Å². The van der Waals surface area contributed by atoms with Crippen LogP contribution in [0.2, 0.25) is 0 Å². The zero-order chi connectivity index (χ0) is 15.3. The molecule has 0 aliphatic carbocycles. The van der Waals surface area contributed by atoms with E-state index in [2.05, 4.69) is 0 Å². The van der Waals surface area contributed by atoms with Crippen molar-refractivity contribution in [3.8, 4) is 0 Å². The Morgan fingerprint density at radius 1 is 1.25 bits per heavy atom. The minimum absolute atomic E-state index is 0.383. The van der Waals surface area contributed by atoms with Gasteiger partial charge in [-0.25, -0.2) is 9.69 Å². The second kappa shape index (κ2) is 6.49. The third kappa shape index (κ3) is 4.32. The molecule has 0 heterocycles. The van der Waals surface area contributed by atoms with Gasteiger partial charge in [0.1, 0.15) is 11.6 Å². The Bertz CT molecular complexity index is 468. The highest BCUT2D eigenvalue weighted by Gasteiger charge is 2.31. The number of nitrogens with zero attached hydrogens (tertiary/aromatic N) is 1. The van der Waals surface area contributed by atoms with Crippen LogP contribution in [0.5, 0.6) is 0 Å². The molecule has 1 aromatic carbocycles. The zero-order valence-electron chi connectivity index (χ0n) is 12.1. The monoisotopic (exact) mass is 280 g/mol. The van der Waals surface area contributed by atoms with Gasteiger partial charge >= 0.3 is 6.09 Å². The molecule has 0 radical (unpaired) electrons. The smallest absolute Gasteiger partial charge is 0.421 e. The topological polar surface area (TPSA) is 78.9 Å². The van der Waals surface area contributed by atoms with Gasteiger partial charge in [0, 0.05) is 0 Å². The van der Waals surface area contributed by atoms with E-state index in [1.807, 2.05) is 5.48 Å². The van der Waals surface area contributed by atoms with E-state index in [1.165, 1.54) is 6.92 Å². The quantitative estimate of drug-likeness (QED) is 0.831. The molecule has 6 nitrogen and oxygen atoms in total. The molecule has 0 fully saturated rings. The first-order valence-corrected chi connectivity index (χ1v) is 6.28. The lowest BCUT2D eigenvalue weighted by Gasteiger charge is -2.27. The summed E-state index contributed by atoms with van der Waals surface area (Å²) in [5.74, 6) is -0.604. The normalized spacial score (nSPS) is 12.7. The number of nitrogens with one attached hydrogen (secondary N) is 1. The molecule has 0 aliphatic heterocycles. The molecule has 1 rings (SSSR count). The van der Waals surface area contributed by atoms with Crippen LogP contribution >= 0.6 is 0 Å². The Labute approximate surface area is 118 Å². The van der Waals surface area contributed by atoms with Crippen LogP contribution in [0.25, 0.3) is 0 Å². The van der Waals surface area contributed by atoms with Gasteiger partial charge < -0.3 is 9.94 Å². The first kappa shape index (κ1) is 16.1. The maximum atomic E-state index is 12.2. The minimum Gasteiger partial charge on any atom is -0.443 e. The number of hydrogen-bond donors (Lipinski definition) is 2. The summed E-state index contributed by atoms with van der Waals surface area (Å²) in [4.78, 5) is 25.3. The molecule has 0 spiro atoms. The van der Waals surface area contributed by atoms with Gasteiger partial charge in [-0.2, -0.15) is 5.48 Å². The van der Waals surface area contributed by atoms with Crippen molar-refractivity contribution in [3.63, 3.8) is 0 Å². The minimum atomic E-state index is -0.928. The van der Waals surface area contributed by atoms with Crippen molar-refractivity contribution in [2.24, 2.45) is 0 Å². The van der Waals surface area contributed by atoms with E-state index in [-0.39, 0.29) is 0 Å². The molecular weight excluding hydrogens is 260 g/mol. The highest BCUT2D eigenvalue weighted by atomic mass is 16.6. The molecule has 110 valence electrons. The fraction of sp³-hybridized carbons (Fsp3) is 0.429. The molecule has 6 heteroatoms. The third-order valence-corrected chi connectivity index (χ3v) is 2.37. The first-order valence-electron chi connectivity index (χ1n) is 6.28. The predicted molar refractivity (Wildman–Crippen MR) is 74.5 cm³/mol. The van der Waals surface area contributed by atoms with Gasteiger partial charge in [-0.15, -0.1) is 0 Å². The van der Waals surface area contributed by atoms with Crippen molar-refractivity contribution in [1.82, 2.24) is 5.48 Å².